The highest BCUT2D eigenvalue weighted by Crippen LogP contribution is 2.48. The average molecular weight is 416 g/mol. The molecular weight excluding hydrogens is 396 g/mol. The van der Waals surface area contributed by atoms with Gasteiger partial charge in [-0.3, -0.25) is 14.4 Å². The zero-order valence-corrected chi connectivity index (χ0v) is 16.7. The number of amides is 2. The van der Waals surface area contributed by atoms with E-state index in [2.05, 4.69) is 0 Å². The van der Waals surface area contributed by atoms with Crippen molar-refractivity contribution < 1.29 is 24.3 Å². The van der Waals surface area contributed by atoms with Crippen LogP contribution in [0.15, 0.2) is 78.9 Å². The Morgan fingerprint density at radius 1 is 0.871 bits per heavy atom. The third-order valence-electron chi connectivity index (χ3n) is 5.69. The number of hydroxylamine groups is 1. The summed E-state index contributed by atoms with van der Waals surface area (Å²) in [5.74, 6) is -0.972. The maximum atomic E-state index is 13.6. The first-order valence-corrected chi connectivity index (χ1v) is 9.91. The van der Waals surface area contributed by atoms with Gasteiger partial charge in [0, 0.05) is 0 Å². The molecule has 2 fully saturated rings. The van der Waals surface area contributed by atoms with Crippen molar-refractivity contribution in [3.63, 3.8) is 0 Å². The van der Waals surface area contributed by atoms with Gasteiger partial charge in [-0.2, -0.15) is 0 Å². The molecule has 0 bridgehead atoms. The van der Waals surface area contributed by atoms with E-state index in [-0.39, 0.29) is 11.7 Å². The fourth-order valence-electron chi connectivity index (χ4n) is 4.28. The van der Waals surface area contributed by atoms with Crippen LogP contribution in [0.2, 0.25) is 0 Å². The Kier molecular flexibility index (Phi) is 4.60. The van der Waals surface area contributed by atoms with Gasteiger partial charge in [-0.15, -0.1) is 0 Å². The quantitative estimate of drug-likeness (QED) is 0.657. The van der Waals surface area contributed by atoms with E-state index in [1.807, 2.05) is 30.3 Å². The predicted octanol–water partition coefficient (Wildman–Crippen LogP) is 3.45. The number of fused-ring (bicyclic) bond motifs is 1. The molecule has 0 saturated carbocycles. The third kappa shape index (κ3) is 3.02. The highest BCUT2D eigenvalue weighted by Gasteiger charge is 2.60. The average Bonchev–Trinajstić information content (AvgIpc) is 3.31. The molecule has 5 rings (SSSR count). The van der Waals surface area contributed by atoms with Crippen LogP contribution in [0, 0.1) is 5.92 Å². The van der Waals surface area contributed by atoms with Crippen molar-refractivity contribution in [1.82, 2.24) is 0 Å². The highest BCUT2D eigenvalue weighted by atomic mass is 16.7. The second-order valence-corrected chi connectivity index (χ2v) is 7.43. The van der Waals surface area contributed by atoms with Crippen molar-refractivity contribution in [2.75, 3.05) is 17.1 Å². The van der Waals surface area contributed by atoms with Crippen molar-refractivity contribution in [3.8, 4) is 11.5 Å². The maximum absolute atomic E-state index is 13.6. The molecule has 2 saturated heterocycles. The molecule has 2 aliphatic rings. The van der Waals surface area contributed by atoms with Crippen LogP contribution in [0.5, 0.6) is 11.5 Å². The minimum Gasteiger partial charge on any atom is -0.508 e. The standard InChI is InChI=1S/C24H20N2O5/c1-30-19-10-6-5-9-18(19)25-23(28)20-21(15-11-13-17(27)14-12-15)26(31-22(20)24(25)29)16-7-3-2-4-8-16/h2-14,20-22,27H,1H3. The second-order valence-electron chi connectivity index (χ2n) is 7.43. The molecule has 1 N–H and O–H groups in total. The number of aromatic hydroxyl groups is 1. The van der Waals surface area contributed by atoms with Crippen LogP contribution in [-0.2, 0) is 14.4 Å². The van der Waals surface area contributed by atoms with Crippen LogP contribution in [0.25, 0.3) is 0 Å². The fraction of sp³-hybridized carbons (Fsp3) is 0.167. The lowest BCUT2D eigenvalue weighted by atomic mass is 9.90. The van der Waals surface area contributed by atoms with E-state index >= 15 is 0 Å². The summed E-state index contributed by atoms with van der Waals surface area (Å²) in [6.45, 7) is 0. The molecule has 2 amide bonds. The summed E-state index contributed by atoms with van der Waals surface area (Å²) in [5.41, 5.74) is 1.89. The molecule has 156 valence electrons. The number of anilines is 2. The molecule has 31 heavy (non-hydrogen) atoms. The zero-order chi connectivity index (χ0) is 21.5. The van der Waals surface area contributed by atoms with Gasteiger partial charge in [0.1, 0.15) is 17.4 Å². The molecule has 0 aromatic heterocycles. The number of phenols is 1. The van der Waals surface area contributed by atoms with Crippen LogP contribution >= 0.6 is 0 Å². The Bertz CT molecular complexity index is 1130. The van der Waals surface area contributed by atoms with Crippen LogP contribution in [0.4, 0.5) is 11.4 Å². The molecule has 3 unspecified atom stereocenters. The van der Waals surface area contributed by atoms with E-state index in [0.717, 1.165) is 16.2 Å². The molecule has 3 atom stereocenters. The summed E-state index contributed by atoms with van der Waals surface area (Å²) in [4.78, 5) is 34.2. The minimum absolute atomic E-state index is 0.120. The van der Waals surface area contributed by atoms with Gasteiger partial charge in [0.05, 0.1) is 24.5 Å². The summed E-state index contributed by atoms with van der Waals surface area (Å²) in [6, 6.07) is 22.3. The van der Waals surface area contributed by atoms with Crippen LogP contribution in [-0.4, -0.2) is 30.1 Å². The number of carbonyl (C=O) groups excluding carboxylic acids is 2. The van der Waals surface area contributed by atoms with Gasteiger partial charge >= 0.3 is 0 Å². The maximum Gasteiger partial charge on any atom is 0.266 e. The monoisotopic (exact) mass is 416 g/mol. The van der Waals surface area contributed by atoms with Crippen LogP contribution < -0.4 is 14.7 Å². The SMILES string of the molecule is COc1ccccc1N1C(=O)C2ON(c3ccccc3)C(c3ccc(O)cc3)C2C1=O. The summed E-state index contributed by atoms with van der Waals surface area (Å²) in [6.07, 6.45) is -0.962. The molecular formula is C24H20N2O5. The third-order valence-corrected chi connectivity index (χ3v) is 5.69. The van der Waals surface area contributed by atoms with E-state index in [1.165, 1.54) is 7.11 Å². The summed E-state index contributed by atoms with van der Waals surface area (Å²) < 4.78 is 5.37. The Morgan fingerprint density at radius 2 is 1.55 bits per heavy atom. The fourth-order valence-corrected chi connectivity index (χ4v) is 4.28. The summed E-state index contributed by atoms with van der Waals surface area (Å²) in [5, 5.41) is 11.3. The van der Waals surface area contributed by atoms with E-state index in [0.29, 0.717) is 11.4 Å². The molecule has 2 aliphatic heterocycles. The zero-order valence-electron chi connectivity index (χ0n) is 16.7. The van der Waals surface area contributed by atoms with Crippen LogP contribution in [0.3, 0.4) is 0 Å². The van der Waals surface area contributed by atoms with Crippen molar-refractivity contribution in [2.24, 2.45) is 5.92 Å². The second kappa shape index (κ2) is 7.45. The van der Waals surface area contributed by atoms with E-state index in [9.17, 15) is 14.7 Å². The largest absolute Gasteiger partial charge is 0.508 e. The molecule has 2 heterocycles. The van der Waals surface area contributed by atoms with Gasteiger partial charge < -0.3 is 9.84 Å². The number of hydrogen-bond acceptors (Lipinski definition) is 6. The summed E-state index contributed by atoms with van der Waals surface area (Å²) in [7, 11) is 1.50. The van der Waals surface area contributed by atoms with Gasteiger partial charge in [0.15, 0.2) is 6.10 Å². The first-order chi connectivity index (χ1) is 15.1. The Hall–Kier alpha value is -3.84. The van der Waals surface area contributed by atoms with Gasteiger partial charge in [0.2, 0.25) is 5.91 Å². The lowest BCUT2D eigenvalue weighted by Crippen LogP contribution is -2.37. The Morgan fingerprint density at radius 3 is 2.26 bits per heavy atom. The lowest BCUT2D eigenvalue weighted by molar-refractivity contribution is -0.126. The first-order valence-electron chi connectivity index (χ1n) is 9.91. The molecule has 0 spiro atoms. The number of methoxy groups -OCH3 is 1. The molecule has 0 aliphatic carbocycles. The number of para-hydroxylation sites is 3. The van der Waals surface area contributed by atoms with Crippen molar-refractivity contribution in [1.29, 1.82) is 0 Å². The van der Waals surface area contributed by atoms with E-state index < -0.39 is 24.0 Å². The normalized spacial score (nSPS) is 22.7. The number of ether oxygens (including phenoxy) is 1. The van der Waals surface area contributed by atoms with Gasteiger partial charge in [-0.1, -0.05) is 42.5 Å². The first kappa shape index (κ1) is 19.1. The molecule has 3 aromatic carbocycles. The van der Waals surface area contributed by atoms with Gasteiger partial charge in [0.25, 0.3) is 5.91 Å². The van der Waals surface area contributed by atoms with Crippen molar-refractivity contribution in [2.45, 2.75) is 12.1 Å². The Balaban J connectivity index is 1.60. The van der Waals surface area contributed by atoms with E-state index in [4.69, 9.17) is 9.57 Å². The topological polar surface area (TPSA) is 79.3 Å². The van der Waals surface area contributed by atoms with Crippen molar-refractivity contribution >= 4 is 23.2 Å². The number of imide groups is 1. The Labute approximate surface area is 179 Å². The number of nitrogens with zero attached hydrogens (tertiary/aromatic N) is 2. The molecule has 3 aromatic rings. The molecule has 7 nitrogen and oxygen atoms in total. The lowest BCUT2D eigenvalue weighted by Gasteiger charge is -2.29. The summed E-state index contributed by atoms with van der Waals surface area (Å²) >= 11 is 0. The number of hydrogen-bond donors (Lipinski definition) is 1. The van der Waals surface area contributed by atoms with Crippen molar-refractivity contribution in [3.05, 3.63) is 84.4 Å². The van der Waals surface area contributed by atoms with Crippen LogP contribution in [0.1, 0.15) is 11.6 Å². The number of benzene rings is 3. The number of phenolic OH excluding ortho intramolecular Hbond substituents is 1. The molecule has 0 radical (unpaired) electrons. The number of carbonyl (C=O) groups is 2. The molecule has 7 heteroatoms. The predicted molar refractivity (Wildman–Crippen MR) is 114 cm³/mol. The van der Waals surface area contributed by atoms with Gasteiger partial charge in [-0.25, -0.2) is 9.96 Å². The van der Waals surface area contributed by atoms with Gasteiger partial charge in [-0.05, 0) is 42.0 Å². The minimum atomic E-state index is -0.962. The van der Waals surface area contributed by atoms with E-state index in [1.54, 1.807) is 53.6 Å². The smallest absolute Gasteiger partial charge is 0.266 e. The highest BCUT2D eigenvalue weighted by molar-refractivity contribution is 6.24. The number of rotatable bonds is 4.